The van der Waals surface area contributed by atoms with Crippen LogP contribution in [0.25, 0.3) is 21.9 Å². The summed E-state index contributed by atoms with van der Waals surface area (Å²) in [7, 11) is 0. The summed E-state index contributed by atoms with van der Waals surface area (Å²) in [6, 6.07) is 18.1. The Morgan fingerprint density at radius 2 is 1.83 bits per heavy atom. The molecule has 2 N–H and O–H groups in total. The van der Waals surface area contributed by atoms with E-state index in [2.05, 4.69) is 10.5 Å². The third-order valence-corrected chi connectivity index (χ3v) is 6.91. The molecule has 0 aliphatic heterocycles. The number of carbonyl (C=O) groups excluding carboxylic acids is 1. The molecule has 5 aromatic rings. The molecule has 1 aliphatic rings. The number of rotatable bonds is 6. The fourth-order valence-corrected chi connectivity index (χ4v) is 4.78. The van der Waals surface area contributed by atoms with Gasteiger partial charge in [0.05, 0.1) is 28.4 Å². The van der Waals surface area contributed by atoms with Crippen molar-refractivity contribution in [1.82, 2.24) is 15.0 Å². The molecule has 6 rings (SSSR count). The maximum atomic E-state index is 13.7. The Morgan fingerprint density at radius 3 is 2.51 bits per heavy atom. The Labute approximate surface area is 204 Å². The van der Waals surface area contributed by atoms with E-state index in [4.69, 9.17) is 16.1 Å². The average molecular weight is 486 g/mol. The van der Waals surface area contributed by atoms with Crippen molar-refractivity contribution in [3.63, 3.8) is 0 Å². The maximum absolute atomic E-state index is 13.7. The van der Waals surface area contributed by atoms with E-state index in [1.807, 2.05) is 47.2 Å². The molecule has 2 heterocycles. The van der Waals surface area contributed by atoms with Crippen LogP contribution in [0.3, 0.4) is 0 Å². The van der Waals surface area contributed by atoms with E-state index < -0.39 is 11.5 Å². The third-order valence-electron chi connectivity index (χ3n) is 6.66. The topological polar surface area (TPSA) is 97.4 Å². The van der Waals surface area contributed by atoms with Crippen LogP contribution in [0.15, 0.2) is 77.6 Å². The maximum Gasteiger partial charge on any atom is 0.335 e. The van der Waals surface area contributed by atoms with Crippen molar-refractivity contribution in [2.24, 2.45) is 0 Å². The van der Waals surface area contributed by atoms with E-state index in [9.17, 15) is 14.7 Å². The molecule has 8 heteroatoms. The summed E-state index contributed by atoms with van der Waals surface area (Å²) in [4.78, 5) is 24.9. The largest absolute Gasteiger partial charge is 0.478 e. The lowest BCUT2D eigenvalue weighted by atomic mass is 10.0. The number of aromatic carboxylic acids is 1. The molecule has 0 saturated heterocycles. The molecule has 0 unspecified atom stereocenters. The highest BCUT2D eigenvalue weighted by molar-refractivity contribution is 6.30. The predicted molar refractivity (Wildman–Crippen MR) is 132 cm³/mol. The van der Waals surface area contributed by atoms with Gasteiger partial charge < -0.3 is 19.5 Å². The van der Waals surface area contributed by atoms with Crippen LogP contribution >= 0.6 is 11.6 Å². The van der Waals surface area contributed by atoms with Gasteiger partial charge in [0.2, 0.25) is 0 Å². The van der Waals surface area contributed by atoms with Crippen molar-refractivity contribution in [2.45, 2.75) is 24.9 Å². The number of amides is 1. The van der Waals surface area contributed by atoms with Gasteiger partial charge >= 0.3 is 5.97 Å². The predicted octanol–water partition coefficient (Wildman–Crippen LogP) is 5.60. The summed E-state index contributed by atoms with van der Waals surface area (Å²) >= 11 is 6.04. The van der Waals surface area contributed by atoms with Gasteiger partial charge in [0.25, 0.3) is 5.91 Å². The number of carboxylic acid groups (broad SMARTS) is 1. The summed E-state index contributed by atoms with van der Waals surface area (Å²) < 4.78 is 7.52. The lowest BCUT2D eigenvalue weighted by Crippen LogP contribution is -2.35. The Kier molecular flexibility index (Phi) is 4.89. The van der Waals surface area contributed by atoms with E-state index in [1.165, 1.54) is 0 Å². The number of nitrogens with one attached hydrogen (secondary N) is 1. The average Bonchev–Trinajstić information content (AvgIpc) is 3.28. The minimum atomic E-state index is -0.976. The number of fused-ring (bicyclic) bond motifs is 3. The summed E-state index contributed by atoms with van der Waals surface area (Å²) in [5, 5.41) is 18.6. The molecule has 3 aromatic carbocycles. The van der Waals surface area contributed by atoms with Gasteiger partial charge in [-0.1, -0.05) is 41.0 Å². The zero-order chi connectivity index (χ0) is 24.2. The van der Waals surface area contributed by atoms with E-state index >= 15 is 0 Å². The summed E-state index contributed by atoms with van der Waals surface area (Å²) in [5.74, 6) is -1.18. The highest BCUT2D eigenvalue weighted by Crippen LogP contribution is 2.46. The van der Waals surface area contributed by atoms with Crippen LogP contribution in [0.4, 0.5) is 0 Å². The highest BCUT2D eigenvalue weighted by atomic mass is 35.5. The molecule has 1 amide bonds. The number of benzene rings is 3. The van der Waals surface area contributed by atoms with Crippen molar-refractivity contribution in [2.75, 3.05) is 0 Å². The molecule has 2 aromatic heterocycles. The second-order valence-electron chi connectivity index (χ2n) is 8.92. The lowest BCUT2D eigenvalue weighted by Gasteiger charge is -2.19. The van der Waals surface area contributed by atoms with Crippen molar-refractivity contribution in [3.05, 3.63) is 100 Å². The molecule has 1 aliphatic carbocycles. The van der Waals surface area contributed by atoms with Crippen LogP contribution < -0.4 is 5.32 Å². The summed E-state index contributed by atoms with van der Waals surface area (Å²) in [6.45, 7) is 0.558. The zero-order valence-corrected chi connectivity index (χ0v) is 19.2. The molecule has 174 valence electrons. The molecule has 1 fully saturated rings. The Hall–Kier alpha value is -4.10. The van der Waals surface area contributed by atoms with Gasteiger partial charge in [0.15, 0.2) is 5.58 Å². The SMILES string of the molecule is O=C(O)c1ccc(C2(NC(=O)c3cc4cnoc4c4ccn(Cc5ccc(Cl)cc5)c34)CC2)cc1. The smallest absolute Gasteiger partial charge is 0.335 e. The fraction of sp³-hybridized carbons (Fsp3) is 0.148. The number of aromatic nitrogens is 2. The number of nitrogens with zero attached hydrogens (tertiary/aromatic N) is 2. The minimum Gasteiger partial charge on any atom is -0.478 e. The van der Waals surface area contributed by atoms with Gasteiger partial charge in [-0.2, -0.15) is 0 Å². The van der Waals surface area contributed by atoms with Gasteiger partial charge in [0, 0.05) is 28.5 Å². The fourth-order valence-electron chi connectivity index (χ4n) is 4.65. The van der Waals surface area contributed by atoms with Crippen molar-refractivity contribution in [3.8, 4) is 0 Å². The summed E-state index contributed by atoms with van der Waals surface area (Å²) in [5.41, 5.74) is 3.59. The molecule has 35 heavy (non-hydrogen) atoms. The molecule has 0 bridgehead atoms. The second-order valence-corrected chi connectivity index (χ2v) is 9.36. The first-order chi connectivity index (χ1) is 16.9. The van der Waals surface area contributed by atoms with E-state index in [0.717, 1.165) is 40.3 Å². The Bertz CT molecular complexity index is 1600. The van der Waals surface area contributed by atoms with Crippen LogP contribution in [-0.4, -0.2) is 26.7 Å². The third kappa shape index (κ3) is 3.74. The lowest BCUT2D eigenvalue weighted by molar-refractivity contribution is 0.0696. The molecule has 1 saturated carbocycles. The van der Waals surface area contributed by atoms with Crippen LogP contribution in [0, 0.1) is 0 Å². The monoisotopic (exact) mass is 485 g/mol. The number of carboxylic acids is 1. The van der Waals surface area contributed by atoms with Crippen LogP contribution in [0.1, 0.15) is 44.7 Å². The number of carbonyl (C=O) groups is 2. The van der Waals surface area contributed by atoms with Crippen molar-refractivity contribution in [1.29, 1.82) is 0 Å². The van der Waals surface area contributed by atoms with E-state index in [0.29, 0.717) is 22.7 Å². The first kappa shape index (κ1) is 21.4. The van der Waals surface area contributed by atoms with Crippen LogP contribution in [0.5, 0.6) is 0 Å². The van der Waals surface area contributed by atoms with E-state index in [1.54, 1.807) is 30.5 Å². The van der Waals surface area contributed by atoms with Gasteiger partial charge in [0.1, 0.15) is 0 Å². The molecule has 0 radical (unpaired) electrons. The first-order valence-electron chi connectivity index (χ1n) is 11.2. The molecule has 0 atom stereocenters. The minimum absolute atomic E-state index is 0.200. The number of hydrogen-bond acceptors (Lipinski definition) is 4. The number of hydrogen-bond donors (Lipinski definition) is 2. The van der Waals surface area contributed by atoms with Gasteiger partial charge in [-0.3, -0.25) is 4.79 Å². The Morgan fingerprint density at radius 1 is 1.09 bits per heavy atom. The zero-order valence-electron chi connectivity index (χ0n) is 18.5. The molecular formula is C27H20ClN3O4. The van der Waals surface area contributed by atoms with E-state index in [-0.39, 0.29) is 11.5 Å². The van der Waals surface area contributed by atoms with Gasteiger partial charge in [-0.05, 0) is 60.4 Å². The quantitative estimate of drug-likeness (QED) is 0.326. The van der Waals surface area contributed by atoms with Crippen LogP contribution in [-0.2, 0) is 12.1 Å². The molecule has 7 nitrogen and oxygen atoms in total. The van der Waals surface area contributed by atoms with Gasteiger partial charge in [-0.15, -0.1) is 0 Å². The molecule has 0 spiro atoms. The van der Waals surface area contributed by atoms with Crippen molar-refractivity contribution >= 4 is 45.3 Å². The van der Waals surface area contributed by atoms with Crippen LogP contribution in [0.2, 0.25) is 5.02 Å². The second kappa shape index (κ2) is 7.99. The standard InChI is InChI=1S/C27H20ClN3O4/c28-20-7-1-16(2-8-20)15-31-12-9-21-23(31)22(13-18-14-29-35-24(18)21)25(32)30-27(10-11-27)19-5-3-17(4-6-19)26(33)34/h1-9,12-14H,10-11,15H2,(H,30,32)(H,33,34). The Balaban J connectivity index is 1.39. The number of halogens is 1. The highest BCUT2D eigenvalue weighted by Gasteiger charge is 2.46. The summed E-state index contributed by atoms with van der Waals surface area (Å²) in [6.07, 6.45) is 5.13. The molecular weight excluding hydrogens is 466 g/mol. The van der Waals surface area contributed by atoms with Gasteiger partial charge in [-0.25, -0.2) is 4.79 Å². The normalized spacial score (nSPS) is 14.3. The van der Waals surface area contributed by atoms with Crippen molar-refractivity contribution < 1.29 is 19.2 Å². The first-order valence-corrected chi connectivity index (χ1v) is 11.6.